The van der Waals surface area contributed by atoms with Gasteiger partial charge in [0.1, 0.15) is 0 Å². The highest BCUT2D eigenvalue weighted by Crippen LogP contribution is 2.29. The zero-order valence-electron chi connectivity index (χ0n) is 12.6. The van der Waals surface area contributed by atoms with Crippen LogP contribution in [0.15, 0.2) is 18.2 Å². The van der Waals surface area contributed by atoms with Crippen molar-refractivity contribution in [3.8, 4) is 0 Å². The summed E-state index contributed by atoms with van der Waals surface area (Å²) in [5, 5.41) is 4.25. The second-order valence-electron chi connectivity index (χ2n) is 5.15. The van der Waals surface area contributed by atoms with Gasteiger partial charge in [0.2, 0.25) is 0 Å². The van der Waals surface area contributed by atoms with Crippen LogP contribution >= 0.6 is 23.2 Å². The van der Waals surface area contributed by atoms with E-state index in [0.29, 0.717) is 36.3 Å². The smallest absolute Gasteiger partial charge is 0.317 e. The van der Waals surface area contributed by atoms with Gasteiger partial charge < -0.3 is 19.9 Å². The maximum absolute atomic E-state index is 12.0. The molecule has 0 bridgehead atoms. The standard InChI is InChI=1S/C15H21Cl2N3O2/c1-22-10-2-5-18-15(21)20-8-6-19(7-9-20)14-11-12(16)3-4-13(14)17/h3-4,11H,2,5-10H2,1H3,(H,18,21). The molecule has 1 N–H and O–H groups in total. The molecular weight excluding hydrogens is 325 g/mol. The van der Waals surface area contributed by atoms with Crippen molar-refractivity contribution in [2.75, 3.05) is 51.3 Å². The van der Waals surface area contributed by atoms with E-state index >= 15 is 0 Å². The Balaban J connectivity index is 1.82. The van der Waals surface area contributed by atoms with Gasteiger partial charge in [0.25, 0.3) is 0 Å². The summed E-state index contributed by atoms with van der Waals surface area (Å²) < 4.78 is 4.96. The molecule has 0 unspecified atom stereocenters. The Hall–Kier alpha value is -1.17. The highest BCUT2D eigenvalue weighted by molar-refractivity contribution is 6.35. The number of anilines is 1. The molecule has 0 aliphatic carbocycles. The average molecular weight is 346 g/mol. The molecule has 0 saturated carbocycles. The number of piperazine rings is 1. The molecule has 1 heterocycles. The zero-order chi connectivity index (χ0) is 15.9. The second kappa shape index (κ2) is 8.46. The molecular formula is C15H21Cl2N3O2. The SMILES string of the molecule is COCCCNC(=O)N1CCN(c2cc(Cl)ccc2Cl)CC1. The number of rotatable bonds is 5. The first kappa shape index (κ1) is 17.2. The quantitative estimate of drug-likeness (QED) is 0.834. The number of methoxy groups -OCH3 is 1. The Kier molecular flexibility index (Phi) is 6.61. The Morgan fingerprint density at radius 3 is 2.68 bits per heavy atom. The number of hydrogen-bond acceptors (Lipinski definition) is 3. The van der Waals surface area contributed by atoms with Gasteiger partial charge in [-0.25, -0.2) is 4.79 Å². The van der Waals surface area contributed by atoms with Gasteiger partial charge in [0.15, 0.2) is 0 Å². The molecule has 1 aromatic rings. The van der Waals surface area contributed by atoms with E-state index in [0.717, 1.165) is 25.2 Å². The Morgan fingerprint density at radius 1 is 1.27 bits per heavy atom. The first-order chi connectivity index (χ1) is 10.6. The average Bonchev–Trinajstić information content (AvgIpc) is 2.54. The number of halogens is 2. The molecule has 1 fully saturated rings. The molecule has 0 aromatic heterocycles. The van der Waals surface area contributed by atoms with E-state index in [-0.39, 0.29) is 6.03 Å². The van der Waals surface area contributed by atoms with E-state index in [1.165, 1.54) is 0 Å². The molecule has 0 radical (unpaired) electrons. The summed E-state index contributed by atoms with van der Waals surface area (Å²) in [5.41, 5.74) is 0.925. The summed E-state index contributed by atoms with van der Waals surface area (Å²) in [6, 6.07) is 5.42. The number of carbonyl (C=O) groups is 1. The van der Waals surface area contributed by atoms with Gasteiger partial charge in [-0.05, 0) is 24.6 Å². The predicted molar refractivity (Wildman–Crippen MR) is 90.1 cm³/mol. The van der Waals surface area contributed by atoms with Crippen molar-refractivity contribution in [1.29, 1.82) is 0 Å². The lowest BCUT2D eigenvalue weighted by Gasteiger charge is -2.36. The van der Waals surface area contributed by atoms with Gasteiger partial charge in [-0.2, -0.15) is 0 Å². The summed E-state index contributed by atoms with van der Waals surface area (Å²) >= 11 is 12.2. The highest BCUT2D eigenvalue weighted by atomic mass is 35.5. The van der Waals surface area contributed by atoms with Crippen LogP contribution in [0.4, 0.5) is 10.5 Å². The van der Waals surface area contributed by atoms with E-state index < -0.39 is 0 Å². The summed E-state index contributed by atoms with van der Waals surface area (Å²) in [6.07, 6.45) is 0.820. The van der Waals surface area contributed by atoms with Crippen molar-refractivity contribution in [1.82, 2.24) is 10.2 Å². The normalized spacial score (nSPS) is 15.0. The largest absolute Gasteiger partial charge is 0.385 e. The van der Waals surface area contributed by atoms with Crippen LogP contribution in [-0.4, -0.2) is 57.4 Å². The van der Waals surface area contributed by atoms with Crippen molar-refractivity contribution in [3.05, 3.63) is 28.2 Å². The van der Waals surface area contributed by atoms with Gasteiger partial charge >= 0.3 is 6.03 Å². The maximum atomic E-state index is 12.0. The molecule has 0 atom stereocenters. The molecule has 7 heteroatoms. The van der Waals surface area contributed by atoms with Gasteiger partial charge in [0, 0.05) is 51.5 Å². The fraction of sp³-hybridized carbons (Fsp3) is 0.533. The third kappa shape index (κ3) is 4.66. The first-order valence-electron chi connectivity index (χ1n) is 7.33. The maximum Gasteiger partial charge on any atom is 0.317 e. The summed E-state index contributed by atoms with van der Waals surface area (Å²) in [4.78, 5) is 16.0. The second-order valence-corrected chi connectivity index (χ2v) is 5.99. The van der Waals surface area contributed by atoms with E-state index in [1.807, 2.05) is 11.0 Å². The van der Waals surface area contributed by atoms with Gasteiger partial charge in [-0.3, -0.25) is 0 Å². The van der Waals surface area contributed by atoms with E-state index in [4.69, 9.17) is 27.9 Å². The molecule has 1 aromatic carbocycles. The fourth-order valence-corrected chi connectivity index (χ4v) is 2.81. The molecule has 0 spiro atoms. The zero-order valence-corrected chi connectivity index (χ0v) is 14.2. The molecule has 5 nitrogen and oxygen atoms in total. The third-order valence-corrected chi connectivity index (χ3v) is 4.17. The number of benzene rings is 1. The van der Waals surface area contributed by atoms with Crippen LogP contribution in [0.25, 0.3) is 0 Å². The minimum Gasteiger partial charge on any atom is -0.385 e. The summed E-state index contributed by atoms with van der Waals surface area (Å²) in [7, 11) is 1.65. The van der Waals surface area contributed by atoms with Crippen LogP contribution in [0.1, 0.15) is 6.42 Å². The number of nitrogens with one attached hydrogen (secondary N) is 1. The number of carbonyl (C=O) groups excluding carboxylic acids is 1. The number of ether oxygens (including phenoxy) is 1. The lowest BCUT2D eigenvalue weighted by Crippen LogP contribution is -2.52. The van der Waals surface area contributed by atoms with Crippen molar-refractivity contribution >= 4 is 34.9 Å². The lowest BCUT2D eigenvalue weighted by molar-refractivity contribution is 0.183. The van der Waals surface area contributed by atoms with E-state index in [1.54, 1.807) is 19.2 Å². The molecule has 122 valence electrons. The Morgan fingerprint density at radius 2 is 2.00 bits per heavy atom. The third-order valence-electron chi connectivity index (χ3n) is 3.62. The number of urea groups is 1. The fourth-order valence-electron chi connectivity index (χ4n) is 2.40. The lowest BCUT2D eigenvalue weighted by atomic mass is 10.2. The Labute approximate surface area is 141 Å². The number of hydrogen-bond donors (Lipinski definition) is 1. The predicted octanol–water partition coefficient (Wildman–Crippen LogP) is 2.86. The van der Waals surface area contributed by atoms with Crippen LogP contribution in [0, 0.1) is 0 Å². The van der Waals surface area contributed by atoms with Gasteiger partial charge in [0.05, 0.1) is 10.7 Å². The molecule has 2 rings (SSSR count). The first-order valence-corrected chi connectivity index (χ1v) is 8.09. The topological polar surface area (TPSA) is 44.8 Å². The molecule has 2 amide bonds. The van der Waals surface area contributed by atoms with E-state index in [9.17, 15) is 4.79 Å². The summed E-state index contributed by atoms with van der Waals surface area (Å²) in [6.45, 7) is 4.10. The van der Waals surface area contributed by atoms with Crippen molar-refractivity contribution in [3.63, 3.8) is 0 Å². The molecule has 22 heavy (non-hydrogen) atoms. The van der Waals surface area contributed by atoms with Crippen LogP contribution in [0.5, 0.6) is 0 Å². The summed E-state index contributed by atoms with van der Waals surface area (Å²) in [5.74, 6) is 0. The number of amides is 2. The molecule has 1 aliphatic heterocycles. The minimum atomic E-state index is -0.0204. The highest BCUT2D eigenvalue weighted by Gasteiger charge is 2.22. The monoisotopic (exact) mass is 345 g/mol. The molecule has 1 saturated heterocycles. The van der Waals surface area contributed by atoms with Crippen LogP contribution in [-0.2, 0) is 4.74 Å². The van der Waals surface area contributed by atoms with E-state index in [2.05, 4.69) is 10.2 Å². The van der Waals surface area contributed by atoms with Crippen molar-refractivity contribution < 1.29 is 9.53 Å². The molecule has 1 aliphatic rings. The van der Waals surface area contributed by atoms with Crippen LogP contribution in [0.2, 0.25) is 10.0 Å². The van der Waals surface area contributed by atoms with Crippen molar-refractivity contribution in [2.45, 2.75) is 6.42 Å². The van der Waals surface area contributed by atoms with Gasteiger partial charge in [-0.1, -0.05) is 23.2 Å². The van der Waals surface area contributed by atoms with Gasteiger partial charge in [-0.15, -0.1) is 0 Å². The van der Waals surface area contributed by atoms with Crippen LogP contribution in [0.3, 0.4) is 0 Å². The number of nitrogens with zero attached hydrogens (tertiary/aromatic N) is 2. The Bertz CT molecular complexity index is 506. The van der Waals surface area contributed by atoms with Crippen LogP contribution < -0.4 is 10.2 Å². The minimum absolute atomic E-state index is 0.0204. The van der Waals surface area contributed by atoms with Crippen molar-refractivity contribution in [2.24, 2.45) is 0 Å².